The van der Waals surface area contributed by atoms with Gasteiger partial charge < -0.3 is 10.4 Å². The van der Waals surface area contributed by atoms with E-state index in [1.54, 1.807) is 11.3 Å². The van der Waals surface area contributed by atoms with Gasteiger partial charge in [-0.15, -0.1) is 11.3 Å². The Bertz CT molecular complexity index is 535. The van der Waals surface area contributed by atoms with Crippen LogP contribution in [-0.2, 0) is 6.54 Å². The van der Waals surface area contributed by atoms with Crippen LogP contribution in [0.15, 0.2) is 36.4 Å². The molecule has 88 valence electrons. The predicted octanol–water partition coefficient (Wildman–Crippen LogP) is 2.93. The van der Waals surface area contributed by atoms with Crippen LogP contribution in [0.4, 0.5) is 0 Å². The van der Waals surface area contributed by atoms with E-state index in [1.807, 2.05) is 18.2 Å². The van der Waals surface area contributed by atoms with Crippen LogP contribution in [0.25, 0.3) is 0 Å². The molecule has 3 heteroatoms. The Morgan fingerprint density at radius 3 is 2.88 bits per heavy atom. The van der Waals surface area contributed by atoms with E-state index < -0.39 is 6.10 Å². The Hall–Kier alpha value is -1.16. The van der Waals surface area contributed by atoms with Crippen molar-refractivity contribution in [2.24, 2.45) is 0 Å². The molecule has 2 aromatic rings. The first kappa shape index (κ1) is 11.0. The largest absolute Gasteiger partial charge is 0.386 e. The summed E-state index contributed by atoms with van der Waals surface area (Å²) in [6.07, 6.45) is -0.447. The lowest BCUT2D eigenvalue weighted by Crippen LogP contribution is -2.19. The van der Waals surface area contributed by atoms with Gasteiger partial charge in [0.1, 0.15) is 6.10 Å². The smallest absolute Gasteiger partial charge is 0.108 e. The highest BCUT2D eigenvalue weighted by Gasteiger charge is 2.29. The number of rotatable bonds is 2. The number of hydrogen-bond acceptors (Lipinski definition) is 3. The number of aliphatic hydroxyl groups excluding tert-OH is 1. The van der Waals surface area contributed by atoms with E-state index >= 15 is 0 Å². The molecule has 0 amide bonds. The fraction of sp³-hybridized carbons (Fsp3) is 0.286. The van der Waals surface area contributed by atoms with Crippen molar-refractivity contribution in [1.29, 1.82) is 0 Å². The summed E-state index contributed by atoms with van der Waals surface area (Å²) in [6.45, 7) is 2.92. The lowest BCUT2D eigenvalue weighted by molar-refractivity contribution is 0.137. The van der Waals surface area contributed by atoms with E-state index in [0.29, 0.717) is 0 Å². The Morgan fingerprint density at radius 2 is 2.12 bits per heavy atom. The summed E-state index contributed by atoms with van der Waals surface area (Å²) in [5.74, 6) is 0. The zero-order valence-electron chi connectivity index (χ0n) is 9.68. The van der Waals surface area contributed by atoms with Gasteiger partial charge in [0.25, 0.3) is 0 Å². The van der Waals surface area contributed by atoms with Crippen LogP contribution in [0.3, 0.4) is 0 Å². The molecule has 0 spiro atoms. The Kier molecular flexibility index (Phi) is 2.74. The molecule has 2 atom stereocenters. The molecule has 2 N–H and O–H groups in total. The Balaban J connectivity index is 1.92. The van der Waals surface area contributed by atoms with E-state index in [2.05, 4.69) is 30.4 Å². The molecule has 0 saturated heterocycles. The highest BCUT2D eigenvalue weighted by molar-refractivity contribution is 7.12. The molecular weight excluding hydrogens is 230 g/mol. The van der Waals surface area contributed by atoms with Crippen molar-refractivity contribution in [2.45, 2.75) is 25.6 Å². The van der Waals surface area contributed by atoms with Gasteiger partial charge in [-0.1, -0.05) is 24.3 Å². The zero-order valence-corrected chi connectivity index (χ0v) is 10.5. The second-order valence-corrected chi connectivity index (χ2v) is 5.77. The number of aliphatic hydroxyl groups is 1. The maximum atomic E-state index is 10.4. The molecule has 17 heavy (non-hydrogen) atoms. The molecule has 2 nitrogen and oxygen atoms in total. The fourth-order valence-corrected chi connectivity index (χ4v) is 3.29. The third-order valence-corrected chi connectivity index (χ3v) is 4.34. The lowest BCUT2D eigenvalue weighted by Gasteiger charge is -2.18. The molecule has 2 heterocycles. The van der Waals surface area contributed by atoms with E-state index in [-0.39, 0.29) is 6.04 Å². The van der Waals surface area contributed by atoms with Gasteiger partial charge >= 0.3 is 0 Å². The number of fused-ring (bicyclic) bond motifs is 1. The van der Waals surface area contributed by atoms with Crippen molar-refractivity contribution in [2.75, 3.05) is 0 Å². The first-order valence-corrected chi connectivity index (χ1v) is 6.63. The van der Waals surface area contributed by atoms with Crippen LogP contribution in [-0.4, -0.2) is 5.11 Å². The summed E-state index contributed by atoms with van der Waals surface area (Å²) >= 11 is 1.67. The molecule has 0 bridgehead atoms. The van der Waals surface area contributed by atoms with Crippen molar-refractivity contribution in [3.05, 3.63) is 57.3 Å². The molecule has 1 aromatic carbocycles. The van der Waals surface area contributed by atoms with Crippen molar-refractivity contribution in [3.8, 4) is 0 Å². The molecule has 2 unspecified atom stereocenters. The maximum absolute atomic E-state index is 10.4. The van der Waals surface area contributed by atoms with Gasteiger partial charge in [-0.25, -0.2) is 0 Å². The van der Waals surface area contributed by atoms with Gasteiger partial charge in [0.2, 0.25) is 0 Å². The average Bonchev–Trinajstić information content (AvgIpc) is 2.94. The number of thiophene rings is 1. The number of aryl methyl sites for hydroxylation is 1. The summed E-state index contributed by atoms with van der Waals surface area (Å²) in [4.78, 5) is 2.28. The molecule has 0 fully saturated rings. The summed E-state index contributed by atoms with van der Waals surface area (Å²) in [6, 6.07) is 12.4. The van der Waals surface area contributed by atoms with Gasteiger partial charge in [0.05, 0.1) is 6.04 Å². The average molecular weight is 245 g/mol. The normalized spacial score (nSPS) is 20.2. The van der Waals surface area contributed by atoms with E-state index in [4.69, 9.17) is 0 Å². The lowest BCUT2D eigenvalue weighted by atomic mass is 10.00. The van der Waals surface area contributed by atoms with Crippen molar-refractivity contribution >= 4 is 11.3 Å². The van der Waals surface area contributed by atoms with Crippen LogP contribution in [0, 0.1) is 6.92 Å². The molecule has 1 aromatic heterocycles. The van der Waals surface area contributed by atoms with Gasteiger partial charge in [0.15, 0.2) is 0 Å². The van der Waals surface area contributed by atoms with Gasteiger partial charge in [-0.05, 0) is 30.2 Å². The topological polar surface area (TPSA) is 32.3 Å². The van der Waals surface area contributed by atoms with E-state index in [9.17, 15) is 5.11 Å². The minimum absolute atomic E-state index is 0.0317. The second kappa shape index (κ2) is 4.26. The van der Waals surface area contributed by atoms with Crippen molar-refractivity contribution in [3.63, 3.8) is 0 Å². The van der Waals surface area contributed by atoms with E-state index in [1.165, 1.54) is 16.0 Å². The van der Waals surface area contributed by atoms with Crippen molar-refractivity contribution in [1.82, 2.24) is 5.32 Å². The number of hydrogen-bond donors (Lipinski definition) is 2. The first-order valence-electron chi connectivity index (χ1n) is 5.81. The maximum Gasteiger partial charge on any atom is 0.108 e. The number of benzene rings is 1. The van der Waals surface area contributed by atoms with Gasteiger partial charge in [-0.3, -0.25) is 0 Å². The standard InChI is InChI=1S/C14H15NOS/c1-9-6-7-12(17-9)14(16)13-11-5-3-2-4-10(11)8-15-13/h2-7,13-16H,8H2,1H3. The molecule has 0 saturated carbocycles. The second-order valence-electron chi connectivity index (χ2n) is 4.45. The predicted molar refractivity (Wildman–Crippen MR) is 70.0 cm³/mol. The van der Waals surface area contributed by atoms with Crippen LogP contribution in [0.1, 0.15) is 33.0 Å². The highest BCUT2D eigenvalue weighted by atomic mass is 32.1. The Labute approximate surface area is 105 Å². The molecule has 1 aliphatic heterocycles. The van der Waals surface area contributed by atoms with Crippen LogP contribution < -0.4 is 5.32 Å². The minimum Gasteiger partial charge on any atom is -0.386 e. The monoisotopic (exact) mass is 245 g/mol. The summed E-state index contributed by atoms with van der Waals surface area (Å²) in [7, 11) is 0. The quantitative estimate of drug-likeness (QED) is 0.852. The highest BCUT2D eigenvalue weighted by Crippen LogP contribution is 2.37. The fourth-order valence-electron chi connectivity index (χ4n) is 2.39. The summed E-state index contributed by atoms with van der Waals surface area (Å²) in [5.41, 5.74) is 2.52. The first-order chi connectivity index (χ1) is 8.25. The van der Waals surface area contributed by atoms with Gasteiger partial charge in [0, 0.05) is 16.3 Å². The zero-order chi connectivity index (χ0) is 11.8. The molecular formula is C14H15NOS. The van der Waals surface area contributed by atoms with E-state index in [0.717, 1.165) is 11.4 Å². The molecule has 3 rings (SSSR count). The van der Waals surface area contributed by atoms with Crippen LogP contribution in [0.5, 0.6) is 0 Å². The third-order valence-electron chi connectivity index (χ3n) is 3.27. The van der Waals surface area contributed by atoms with Crippen molar-refractivity contribution < 1.29 is 5.11 Å². The van der Waals surface area contributed by atoms with Crippen LogP contribution >= 0.6 is 11.3 Å². The molecule has 0 radical (unpaired) electrons. The SMILES string of the molecule is Cc1ccc(C(O)C2NCc3ccccc32)s1. The number of nitrogens with one attached hydrogen (secondary N) is 1. The van der Waals surface area contributed by atoms with Gasteiger partial charge in [-0.2, -0.15) is 0 Å². The summed E-state index contributed by atoms with van der Waals surface area (Å²) in [5, 5.41) is 13.8. The minimum atomic E-state index is -0.447. The van der Waals surface area contributed by atoms with Crippen LogP contribution in [0.2, 0.25) is 0 Å². The molecule has 0 aliphatic carbocycles. The third kappa shape index (κ3) is 1.90. The molecule has 1 aliphatic rings. The summed E-state index contributed by atoms with van der Waals surface area (Å²) < 4.78 is 0. The Morgan fingerprint density at radius 1 is 1.29 bits per heavy atom.